The van der Waals surface area contributed by atoms with Crippen molar-refractivity contribution < 1.29 is 0 Å². The van der Waals surface area contributed by atoms with E-state index >= 15 is 0 Å². The van der Waals surface area contributed by atoms with Gasteiger partial charge in [0.2, 0.25) is 0 Å². The fourth-order valence-corrected chi connectivity index (χ4v) is 1.81. The van der Waals surface area contributed by atoms with Crippen LogP contribution in [0.15, 0.2) is 48.5 Å². The van der Waals surface area contributed by atoms with Crippen LogP contribution >= 0.6 is 0 Å². The van der Waals surface area contributed by atoms with Crippen LogP contribution in [-0.4, -0.2) is 0 Å². The van der Waals surface area contributed by atoms with Crippen LogP contribution in [0, 0.1) is 0 Å². The van der Waals surface area contributed by atoms with Gasteiger partial charge in [-0.15, -0.1) is 0 Å². The third-order valence-corrected chi connectivity index (χ3v) is 2.60. The van der Waals surface area contributed by atoms with Crippen molar-refractivity contribution in [2.75, 3.05) is 5.32 Å². The second-order valence-corrected chi connectivity index (χ2v) is 3.70. The molecular formula is C13H11N. The molecule has 0 fully saturated rings. The van der Waals surface area contributed by atoms with Crippen LogP contribution in [0.2, 0.25) is 0 Å². The molecule has 14 heavy (non-hydrogen) atoms. The minimum Gasteiger partial charge on any atom is -0.356 e. The van der Waals surface area contributed by atoms with E-state index in [2.05, 4.69) is 53.8 Å². The number of rotatable bonds is 0. The molecule has 4 aliphatic heterocycles. The fraction of sp³-hybridized carbons (Fsp3) is 0.0769. The smallest absolute Gasteiger partial charge is 0.0384 e. The quantitative estimate of drug-likeness (QED) is 0.561. The average Bonchev–Trinajstić information content (AvgIpc) is 2.27. The molecule has 6 rings (SSSR count). The van der Waals surface area contributed by atoms with Crippen molar-refractivity contribution in [2.24, 2.45) is 0 Å². The van der Waals surface area contributed by atoms with E-state index in [-0.39, 0.29) is 0 Å². The number of benzene rings is 2. The lowest BCUT2D eigenvalue weighted by atomic mass is 10.0. The summed E-state index contributed by atoms with van der Waals surface area (Å²) >= 11 is 0. The molecule has 0 spiro atoms. The molecule has 0 saturated carbocycles. The molecule has 0 saturated heterocycles. The van der Waals surface area contributed by atoms with Gasteiger partial charge < -0.3 is 5.32 Å². The lowest BCUT2D eigenvalue weighted by Gasteiger charge is -2.11. The summed E-state index contributed by atoms with van der Waals surface area (Å²) in [5.41, 5.74) is 5.04. The van der Waals surface area contributed by atoms with Crippen LogP contribution in [0.5, 0.6) is 0 Å². The summed E-state index contributed by atoms with van der Waals surface area (Å²) in [7, 11) is 0. The van der Waals surface area contributed by atoms with Crippen molar-refractivity contribution in [1.82, 2.24) is 0 Å². The minimum absolute atomic E-state index is 1.03. The van der Waals surface area contributed by atoms with Gasteiger partial charge in [-0.3, -0.25) is 0 Å². The number of hydrogen-bond donors (Lipinski definition) is 1. The highest BCUT2D eigenvalue weighted by Gasteiger charge is 2.01. The molecule has 0 unspecified atom stereocenters. The van der Waals surface area contributed by atoms with E-state index in [0.29, 0.717) is 0 Å². The third-order valence-electron chi connectivity index (χ3n) is 2.60. The van der Waals surface area contributed by atoms with Crippen molar-refractivity contribution in [2.45, 2.75) is 6.42 Å². The van der Waals surface area contributed by atoms with E-state index in [1.54, 1.807) is 0 Å². The third kappa shape index (κ3) is 1.27. The van der Waals surface area contributed by atoms with Crippen LogP contribution in [-0.2, 0) is 6.42 Å². The molecule has 2 aromatic rings. The molecule has 4 heterocycles. The van der Waals surface area contributed by atoms with E-state index in [1.807, 2.05) is 0 Å². The first kappa shape index (κ1) is 7.63. The van der Waals surface area contributed by atoms with Crippen LogP contribution in [0.3, 0.4) is 0 Å². The highest BCUT2D eigenvalue weighted by atomic mass is 14.9. The van der Waals surface area contributed by atoms with Crippen LogP contribution in [0.25, 0.3) is 0 Å². The van der Waals surface area contributed by atoms with Crippen LogP contribution in [0.4, 0.5) is 11.4 Å². The first-order valence-electron chi connectivity index (χ1n) is 4.85. The summed E-state index contributed by atoms with van der Waals surface area (Å²) < 4.78 is 0. The lowest BCUT2D eigenvalue weighted by molar-refractivity contribution is 1.19. The summed E-state index contributed by atoms with van der Waals surface area (Å²) in [5.74, 6) is 0. The van der Waals surface area contributed by atoms with Gasteiger partial charge in [-0.2, -0.15) is 0 Å². The Balaban J connectivity index is 2.19. The molecule has 0 atom stereocenters. The molecule has 4 bridgehead atoms. The summed E-state index contributed by atoms with van der Waals surface area (Å²) in [5, 5.41) is 3.36. The Labute approximate surface area is 83.4 Å². The first-order chi connectivity index (χ1) is 6.90. The van der Waals surface area contributed by atoms with Gasteiger partial charge in [-0.25, -0.2) is 0 Å². The van der Waals surface area contributed by atoms with Crippen LogP contribution in [0.1, 0.15) is 11.1 Å². The number of nitrogens with one attached hydrogen (secondary N) is 1. The maximum Gasteiger partial charge on any atom is 0.0384 e. The average molecular weight is 181 g/mol. The fourth-order valence-electron chi connectivity index (χ4n) is 1.81. The normalized spacial score (nSPS) is 12.6. The summed E-state index contributed by atoms with van der Waals surface area (Å²) in [6.45, 7) is 0. The Bertz CT molecular complexity index is 352. The van der Waals surface area contributed by atoms with Crippen molar-refractivity contribution >= 4 is 11.4 Å². The van der Waals surface area contributed by atoms with Gasteiger partial charge in [-0.05, 0) is 41.8 Å². The second kappa shape index (κ2) is 2.88. The standard InChI is InChI=1S/C13H11N/c1-5-12-6-2-10(1)9-11-3-7-13(14-12)8-4-11/h1-8,14H,9H2. The van der Waals surface area contributed by atoms with Gasteiger partial charge in [-0.1, -0.05) is 24.3 Å². The first-order valence-corrected chi connectivity index (χ1v) is 4.85. The molecule has 1 nitrogen and oxygen atoms in total. The van der Waals surface area contributed by atoms with Gasteiger partial charge in [0.25, 0.3) is 0 Å². The molecule has 0 radical (unpaired) electrons. The van der Waals surface area contributed by atoms with E-state index in [0.717, 1.165) is 17.8 Å². The Morgan fingerprint density at radius 3 is 1.50 bits per heavy atom. The van der Waals surface area contributed by atoms with Crippen molar-refractivity contribution in [3.05, 3.63) is 59.7 Å². The zero-order chi connectivity index (χ0) is 9.38. The Morgan fingerprint density at radius 2 is 1.07 bits per heavy atom. The molecule has 4 aliphatic rings. The molecule has 1 heteroatoms. The molecule has 0 amide bonds. The predicted molar refractivity (Wildman–Crippen MR) is 59.0 cm³/mol. The molecule has 1 N–H and O–H groups in total. The zero-order valence-corrected chi connectivity index (χ0v) is 7.83. The second-order valence-electron chi connectivity index (χ2n) is 3.70. The monoisotopic (exact) mass is 181 g/mol. The van der Waals surface area contributed by atoms with E-state index < -0.39 is 0 Å². The van der Waals surface area contributed by atoms with Crippen molar-refractivity contribution in [3.63, 3.8) is 0 Å². The zero-order valence-electron chi connectivity index (χ0n) is 7.83. The highest BCUT2D eigenvalue weighted by molar-refractivity contribution is 5.61. The predicted octanol–water partition coefficient (Wildman–Crippen LogP) is 3.33. The van der Waals surface area contributed by atoms with Crippen molar-refractivity contribution in [3.8, 4) is 0 Å². The van der Waals surface area contributed by atoms with Crippen LogP contribution < -0.4 is 5.32 Å². The lowest BCUT2D eigenvalue weighted by Crippen LogP contribution is -1.95. The maximum atomic E-state index is 3.36. The summed E-state index contributed by atoms with van der Waals surface area (Å²) in [4.78, 5) is 0. The van der Waals surface area contributed by atoms with E-state index in [4.69, 9.17) is 0 Å². The van der Waals surface area contributed by atoms with Gasteiger partial charge >= 0.3 is 0 Å². The minimum atomic E-state index is 1.03. The number of anilines is 2. The van der Waals surface area contributed by atoms with Gasteiger partial charge in [0.15, 0.2) is 0 Å². The Hall–Kier alpha value is -1.76. The Morgan fingerprint density at radius 1 is 0.643 bits per heavy atom. The van der Waals surface area contributed by atoms with Gasteiger partial charge in [0.1, 0.15) is 0 Å². The molecule has 2 aromatic carbocycles. The maximum absolute atomic E-state index is 3.36. The molecule has 68 valence electrons. The van der Waals surface area contributed by atoms with Gasteiger partial charge in [0.05, 0.1) is 0 Å². The summed E-state index contributed by atoms with van der Waals surface area (Å²) in [6, 6.07) is 17.2. The largest absolute Gasteiger partial charge is 0.356 e. The topological polar surface area (TPSA) is 12.0 Å². The SMILES string of the molecule is c1cc2ccc1Cc1ccc(cc1)N2. The molecular weight excluding hydrogens is 170 g/mol. The van der Waals surface area contributed by atoms with Crippen molar-refractivity contribution in [1.29, 1.82) is 0 Å². The van der Waals surface area contributed by atoms with Gasteiger partial charge in [0, 0.05) is 11.4 Å². The summed E-state index contributed by atoms with van der Waals surface area (Å²) in [6.07, 6.45) is 1.03. The highest BCUT2D eigenvalue weighted by Crippen LogP contribution is 2.22. The Kier molecular flexibility index (Phi) is 1.57. The number of hydrogen-bond acceptors (Lipinski definition) is 1. The van der Waals surface area contributed by atoms with E-state index in [1.165, 1.54) is 11.1 Å². The molecule has 0 aromatic heterocycles. The molecule has 0 aliphatic carbocycles. The van der Waals surface area contributed by atoms with E-state index in [9.17, 15) is 0 Å².